The Kier molecular flexibility index (Phi) is 7.24. The molecule has 30 heavy (non-hydrogen) atoms. The maximum Gasteiger partial charge on any atom is 0.111 e. The summed E-state index contributed by atoms with van der Waals surface area (Å²) in [4.78, 5) is 0. The second kappa shape index (κ2) is 8.32. The Morgan fingerprint density at radius 3 is 1.00 bits per heavy atom. The topological polar surface area (TPSA) is 52.0 Å². The predicted octanol–water partition coefficient (Wildman–Crippen LogP) is 5.90. The molecule has 2 saturated heterocycles. The summed E-state index contributed by atoms with van der Waals surface area (Å²) in [6.07, 6.45) is 13.3. The molecule has 0 aromatic heterocycles. The van der Waals surface area contributed by atoms with Crippen LogP contribution < -0.4 is 11.7 Å². The molecule has 2 fully saturated rings. The van der Waals surface area contributed by atoms with E-state index in [0.717, 1.165) is 11.8 Å². The molecule has 0 aromatic carbocycles. The molecule has 2 aliphatic heterocycles. The Hall–Kier alpha value is -0.160. The van der Waals surface area contributed by atoms with E-state index in [1.165, 1.54) is 64.2 Å². The third kappa shape index (κ3) is 4.77. The van der Waals surface area contributed by atoms with Gasteiger partial charge in [0.1, 0.15) is 22.2 Å². The van der Waals surface area contributed by atoms with Crippen LogP contribution in [0.3, 0.4) is 0 Å². The van der Waals surface area contributed by atoms with Gasteiger partial charge in [-0.15, -0.1) is 0 Å². The lowest BCUT2D eigenvalue weighted by Crippen LogP contribution is -2.76. The lowest BCUT2D eigenvalue weighted by Gasteiger charge is -2.58. The standard InChI is InChI=1S/C26H56N4/c1-23(2)17-21(18-24(3,4)29(23,9)27)15-13-11-12-14-16-22-19-25(5,6)30(10,28)26(7,8)20-22/h21-22H,11-20,27-28H2,1-10H3/q+2. The molecule has 178 valence electrons. The Labute approximate surface area is 188 Å². The first-order chi connectivity index (χ1) is 13.4. The molecule has 4 nitrogen and oxygen atoms in total. The summed E-state index contributed by atoms with van der Waals surface area (Å²) < 4.78 is 1.29. The number of unbranched alkanes of at least 4 members (excludes halogenated alkanes) is 3. The quantitative estimate of drug-likeness (QED) is 0.303. The molecule has 0 radical (unpaired) electrons. The van der Waals surface area contributed by atoms with E-state index in [1.807, 2.05) is 0 Å². The lowest BCUT2D eigenvalue weighted by molar-refractivity contribution is -1.02. The SMILES string of the molecule is CC1(C)CC(CCCCCCC2CC(C)(C)[N+](C)(N)C(C)(C)C2)CC(C)(C)[N+]1(C)N. The van der Waals surface area contributed by atoms with Crippen molar-refractivity contribution in [1.29, 1.82) is 0 Å². The lowest BCUT2D eigenvalue weighted by atomic mass is 9.71. The molecule has 2 heterocycles. The van der Waals surface area contributed by atoms with Crippen molar-refractivity contribution in [3.05, 3.63) is 0 Å². The van der Waals surface area contributed by atoms with Gasteiger partial charge in [-0.2, -0.15) is 11.7 Å². The van der Waals surface area contributed by atoms with E-state index in [0.29, 0.717) is 9.18 Å². The van der Waals surface area contributed by atoms with Gasteiger partial charge >= 0.3 is 0 Å². The van der Waals surface area contributed by atoms with Crippen LogP contribution in [0.25, 0.3) is 0 Å². The zero-order valence-corrected chi connectivity index (χ0v) is 22.3. The van der Waals surface area contributed by atoms with E-state index < -0.39 is 0 Å². The smallest absolute Gasteiger partial charge is 0.111 e. The van der Waals surface area contributed by atoms with Crippen LogP contribution in [0.5, 0.6) is 0 Å². The molecule has 0 amide bonds. The summed E-state index contributed by atoms with van der Waals surface area (Å²) in [5.41, 5.74) is 0.623. The molecule has 2 aliphatic rings. The van der Waals surface area contributed by atoms with E-state index in [1.54, 1.807) is 0 Å². The minimum Gasteiger partial charge on any atom is -0.242 e. The highest BCUT2D eigenvalue weighted by Gasteiger charge is 2.55. The molecule has 2 rings (SSSR count). The van der Waals surface area contributed by atoms with Gasteiger partial charge in [-0.3, -0.25) is 0 Å². The van der Waals surface area contributed by atoms with Crippen molar-refractivity contribution < 1.29 is 9.18 Å². The van der Waals surface area contributed by atoms with Gasteiger partial charge < -0.3 is 0 Å². The van der Waals surface area contributed by atoms with E-state index in [2.05, 4.69) is 69.5 Å². The van der Waals surface area contributed by atoms with Crippen LogP contribution in [0, 0.1) is 11.8 Å². The molecular formula is C26H56N4+2. The number of nitrogens with zero attached hydrogens (tertiary/aromatic N) is 2. The van der Waals surface area contributed by atoms with Crippen molar-refractivity contribution in [1.82, 2.24) is 0 Å². The summed E-state index contributed by atoms with van der Waals surface area (Å²) in [5.74, 6) is 15.1. The van der Waals surface area contributed by atoms with Crippen LogP contribution in [0.1, 0.15) is 120 Å². The zero-order valence-electron chi connectivity index (χ0n) is 22.3. The molecule has 0 bridgehead atoms. The molecule has 4 heteroatoms. The second-order valence-electron chi connectivity index (χ2n) is 13.9. The zero-order chi connectivity index (χ0) is 23.2. The molecule has 0 unspecified atom stereocenters. The molecule has 0 spiro atoms. The van der Waals surface area contributed by atoms with Crippen LogP contribution in [0.15, 0.2) is 0 Å². The number of hydrogen-bond acceptors (Lipinski definition) is 2. The largest absolute Gasteiger partial charge is 0.242 e. The molecule has 0 aromatic rings. The minimum absolute atomic E-state index is 0.156. The fourth-order valence-electron chi connectivity index (χ4n) is 7.00. The molecule has 4 N–H and O–H groups in total. The van der Waals surface area contributed by atoms with Gasteiger partial charge in [0.05, 0.1) is 14.1 Å². The first-order valence-corrected chi connectivity index (χ1v) is 12.7. The Morgan fingerprint density at radius 2 is 0.767 bits per heavy atom. The summed E-state index contributed by atoms with van der Waals surface area (Å²) >= 11 is 0. The highest BCUT2D eigenvalue weighted by Crippen LogP contribution is 2.46. The fourth-order valence-corrected chi connectivity index (χ4v) is 7.00. The number of hydrogen-bond donors (Lipinski definition) is 2. The van der Waals surface area contributed by atoms with Gasteiger partial charge in [0.2, 0.25) is 0 Å². The van der Waals surface area contributed by atoms with Crippen LogP contribution in [0.4, 0.5) is 0 Å². The average Bonchev–Trinajstić information content (AvgIpc) is 2.53. The van der Waals surface area contributed by atoms with Crippen LogP contribution in [0.2, 0.25) is 0 Å². The monoisotopic (exact) mass is 424 g/mol. The summed E-state index contributed by atoms with van der Waals surface area (Å²) in [5, 5.41) is 0. The highest BCUT2D eigenvalue weighted by molar-refractivity contribution is 4.89. The normalized spacial score (nSPS) is 39.6. The molecular weight excluding hydrogens is 368 g/mol. The van der Waals surface area contributed by atoms with Gasteiger partial charge in [0.15, 0.2) is 0 Å². The number of piperidine rings is 2. The van der Waals surface area contributed by atoms with E-state index in [-0.39, 0.29) is 22.2 Å². The average molecular weight is 425 g/mol. The summed E-state index contributed by atoms with van der Waals surface area (Å²) in [6, 6.07) is 0. The first-order valence-electron chi connectivity index (χ1n) is 12.7. The van der Waals surface area contributed by atoms with Crippen molar-refractivity contribution in [2.24, 2.45) is 23.5 Å². The Balaban J connectivity index is 1.73. The van der Waals surface area contributed by atoms with E-state index in [9.17, 15) is 0 Å². The van der Waals surface area contributed by atoms with E-state index in [4.69, 9.17) is 11.7 Å². The second-order valence-corrected chi connectivity index (χ2v) is 13.9. The van der Waals surface area contributed by atoms with Gasteiger partial charge in [-0.25, -0.2) is 9.18 Å². The van der Waals surface area contributed by atoms with Gasteiger partial charge in [-0.1, -0.05) is 25.7 Å². The van der Waals surface area contributed by atoms with Crippen molar-refractivity contribution in [2.45, 2.75) is 142 Å². The fraction of sp³-hybridized carbons (Fsp3) is 1.00. The minimum atomic E-state index is 0.156. The van der Waals surface area contributed by atoms with Crippen molar-refractivity contribution in [3.8, 4) is 0 Å². The number of likely N-dealkylation sites (tertiary alicyclic amines) is 2. The number of rotatable bonds is 7. The highest BCUT2D eigenvalue weighted by atomic mass is 15.6. The first kappa shape index (κ1) is 26.1. The summed E-state index contributed by atoms with van der Waals surface area (Å²) in [7, 11) is 4.44. The Morgan fingerprint density at radius 1 is 0.533 bits per heavy atom. The van der Waals surface area contributed by atoms with E-state index >= 15 is 0 Å². The number of quaternary nitrogens is 2. The van der Waals surface area contributed by atoms with Gasteiger partial charge in [-0.05, 0) is 80.1 Å². The molecule has 0 atom stereocenters. The maximum absolute atomic E-state index is 6.74. The molecule has 0 saturated carbocycles. The van der Waals surface area contributed by atoms with Crippen LogP contribution in [-0.4, -0.2) is 45.4 Å². The summed E-state index contributed by atoms with van der Waals surface area (Å²) in [6.45, 7) is 18.9. The third-order valence-electron chi connectivity index (χ3n) is 10.2. The van der Waals surface area contributed by atoms with Crippen molar-refractivity contribution in [3.63, 3.8) is 0 Å². The number of nitrogens with two attached hydrogens (primary N) is 2. The van der Waals surface area contributed by atoms with Gasteiger partial charge in [0.25, 0.3) is 0 Å². The molecule has 0 aliphatic carbocycles. The van der Waals surface area contributed by atoms with Gasteiger partial charge in [0, 0.05) is 25.7 Å². The van der Waals surface area contributed by atoms with Crippen molar-refractivity contribution >= 4 is 0 Å². The van der Waals surface area contributed by atoms with Crippen LogP contribution >= 0.6 is 0 Å². The van der Waals surface area contributed by atoms with Crippen LogP contribution in [-0.2, 0) is 0 Å². The third-order valence-corrected chi connectivity index (χ3v) is 10.2. The Bertz CT molecular complexity index is 494. The predicted molar refractivity (Wildman–Crippen MR) is 130 cm³/mol. The maximum atomic E-state index is 6.74. The van der Waals surface area contributed by atoms with Crippen molar-refractivity contribution in [2.75, 3.05) is 14.1 Å².